The Bertz CT molecular complexity index is 1060. The number of piperidine rings is 1. The zero-order valence-electron chi connectivity index (χ0n) is 18.4. The molecule has 1 fully saturated rings. The van der Waals surface area contributed by atoms with E-state index in [0.717, 1.165) is 35.8 Å². The van der Waals surface area contributed by atoms with Gasteiger partial charge in [-0.3, -0.25) is 5.10 Å². The van der Waals surface area contributed by atoms with E-state index in [2.05, 4.69) is 48.7 Å². The van der Waals surface area contributed by atoms with Crippen LogP contribution in [0, 0.1) is 17.2 Å². The highest BCUT2D eigenvalue weighted by atomic mass is 16.5. The first-order valence-corrected chi connectivity index (χ1v) is 10.9. The molecule has 4 rings (SSSR count). The number of benzene rings is 1. The lowest BCUT2D eigenvalue weighted by Crippen LogP contribution is -2.35. The van der Waals surface area contributed by atoms with Crippen LogP contribution in [0.15, 0.2) is 36.7 Å². The lowest BCUT2D eigenvalue weighted by Gasteiger charge is -2.31. The fraction of sp³-hybridized carbons (Fsp3) is 0.391. The van der Waals surface area contributed by atoms with Crippen LogP contribution in [0.3, 0.4) is 0 Å². The normalized spacial score (nSPS) is 14.7. The van der Waals surface area contributed by atoms with E-state index >= 15 is 0 Å². The van der Waals surface area contributed by atoms with Crippen molar-refractivity contribution in [3.05, 3.63) is 42.4 Å². The lowest BCUT2D eigenvalue weighted by molar-refractivity contribution is 0.198. The Labute approximate surface area is 187 Å². The number of anilines is 3. The van der Waals surface area contributed by atoms with Gasteiger partial charge in [0, 0.05) is 29.9 Å². The Balaban J connectivity index is 1.40. The number of hydrogen-bond acceptors (Lipinski definition) is 8. The van der Waals surface area contributed by atoms with E-state index in [9.17, 15) is 0 Å². The first-order valence-electron chi connectivity index (χ1n) is 10.9. The molecule has 9 heteroatoms. The smallest absolute Gasteiger partial charge is 0.158 e. The second-order valence-electron chi connectivity index (χ2n) is 7.86. The van der Waals surface area contributed by atoms with E-state index in [1.807, 2.05) is 24.3 Å². The van der Waals surface area contributed by atoms with Crippen molar-refractivity contribution in [3.63, 3.8) is 0 Å². The summed E-state index contributed by atoms with van der Waals surface area (Å²) in [7, 11) is 1.67. The summed E-state index contributed by atoms with van der Waals surface area (Å²) in [5.74, 6) is 2.58. The standard InChI is InChI=1S/C23H28N8O/c1-3-31-8-6-16(7-9-31)13-25-17-4-5-19(21(10-17)32-2)20-11-22(30-29-20)28-23-15-26-18(12-24)14-27-23/h4-5,10-11,14-16,25H,3,6-9,13H2,1-2H3,(H2,27,28,29,30). The molecule has 32 heavy (non-hydrogen) atoms. The molecule has 2 aromatic heterocycles. The van der Waals surface area contributed by atoms with Crippen molar-refractivity contribution < 1.29 is 4.74 Å². The summed E-state index contributed by atoms with van der Waals surface area (Å²) in [5.41, 5.74) is 3.06. The highest BCUT2D eigenvalue weighted by Crippen LogP contribution is 2.33. The maximum Gasteiger partial charge on any atom is 0.158 e. The van der Waals surface area contributed by atoms with Crippen molar-refractivity contribution in [1.82, 2.24) is 25.1 Å². The summed E-state index contributed by atoms with van der Waals surface area (Å²) < 4.78 is 5.65. The van der Waals surface area contributed by atoms with Crippen molar-refractivity contribution in [2.75, 3.05) is 43.9 Å². The summed E-state index contributed by atoms with van der Waals surface area (Å²) in [6, 6.07) is 9.95. The van der Waals surface area contributed by atoms with Gasteiger partial charge in [0.05, 0.1) is 25.2 Å². The Morgan fingerprint density at radius 3 is 2.72 bits per heavy atom. The van der Waals surface area contributed by atoms with Crippen LogP contribution < -0.4 is 15.4 Å². The lowest BCUT2D eigenvalue weighted by atomic mass is 9.96. The third-order valence-corrected chi connectivity index (χ3v) is 5.84. The predicted octanol–water partition coefficient (Wildman–Crippen LogP) is 3.63. The van der Waals surface area contributed by atoms with Gasteiger partial charge >= 0.3 is 0 Å². The van der Waals surface area contributed by atoms with Gasteiger partial charge in [0.1, 0.15) is 17.6 Å². The van der Waals surface area contributed by atoms with Crippen LogP contribution >= 0.6 is 0 Å². The van der Waals surface area contributed by atoms with Crippen LogP contribution in [-0.2, 0) is 0 Å². The van der Waals surface area contributed by atoms with Crippen LogP contribution in [0.25, 0.3) is 11.3 Å². The third-order valence-electron chi connectivity index (χ3n) is 5.84. The van der Waals surface area contributed by atoms with Gasteiger partial charge < -0.3 is 20.3 Å². The van der Waals surface area contributed by atoms with E-state index < -0.39 is 0 Å². The maximum atomic E-state index is 8.83. The minimum Gasteiger partial charge on any atom is -0.496 e. The van der Waals surface area contributed by atoms with E-state index in [1.54, 1.807) is 7.11 Å². The second kappa shape index (κ2) is 10.1. The molecule has 0 unspecified atom stereocenters. The molecule has 3 N–H and O–H groups in total. The largest absolute Gasteiger partial charge is 0.496 e. The van der Waals surface area contributed by atoms with Crippen molar-refractivity contribution in [1.29, 1.82) is 5.26 Å². The van der Waals surface area contributed by atoms with Crippen LogP contribution in [-0.4, -0.2) is 58.4 Å². The van der Waals surface area contributed by atoms with Crippen LogP contribution in [0.2, 0.25) is 0 Å². The molecule has 0 spiro atoms. The minimum atomic E-state index is 0.267. The Morgan fingerprint density at radius 1 is 1.19 bits per heavy atom. The molecule has 1 saturated heterocycles. The van der Waals surface area contributed by atoms with Gasteiger partial charge in [0.25, 0.3) is 0 Å². The molecular weight excluding hydrogens is 404 g/mol. The number of nitrogens with zero attached hydrogens (tertiary/aromatic N) is 5. The van der Waals surface area contributed by atoms with Gasteiger partial charge in [-0.1, -0.05) is 6.92 Å². The average molecular weight is 433 g/mol. The summed E-state index contributed by atoms with van der Waals surface area (Å²) in [5, 5.41) is 22.8. The van der Waals surface area contributed by atoms with Crippen molar-refractivity contribution in [2.24, 2.45) is 5.92 Å². The number of nitriles is 1. The summed E-state index contributed by atoms with van der Waals surface area (Å²) in [4.78, 5) is 10.7. The SMILES string of the molecule is CCN1CCC(CNc2ccc(-c3cc(Nc4cnc(C#N)cn4)n[nH]3)c(OC)c2)CC1. The fourth-order valence-electron chi connectivity index (χ4n) is 3.90. The number of nitrogens with one attached hydrogen (secondary N) is 3. The predicted molar refractivity (Wildman–Crippen MR) is 124 cm³/mol. The molecule has 0 bridgehead atoms. The third kappa shape index (κ3) is 5.15. The number of aromatic amines is 1. The van der Waals surface area contributed by atoms with Crippen LogP contribution in [0.4, 0.5) is 17.3 Å². The first kappa shape index (κ1) is 21.6. The molecule has 0 aliphatic carbocycles. The van der Waals surface area contributed by atoms with E-state index in [4.69, 9.17) is 10.00 Å². The molecule has 3 heterocycles. The molecule has 9 nitrogen and oxygen atoms in total. The summed E-state index contributed by atoms with van der Waals surface area (Å²) in [6.45, 7) is 6.73. The first-order chi connectivity index (χ1) is 15.7. The van der Waals surface area contributed by atoms with Gasteiger partial charge in [0.2, 0.25) is 0 Å². The number of hydrogen-bond donors (Lipinski definition) is 3. The summed E-state index contributed by atoms with van der Waals surface area (Å²) in [6.07, 6.45) is 5.39. The Hall–Kier alpha value is -3.64. The number of likely N-dealkylation sites (tertiary alicyclic amines) is 1. The molecule has 1 aliphatic heterocycles. The zero-order valence-corrected chi connectivity index (χ0v) is 18.4. The molecule has 0 atom stereocenters. The number of ether oxygens (including phenoxy) is 1. The average Bonchev–Trinajstić information content (AvgIpc) is 3.31. The van der Waals surface area contributed by atoms with Gasteiger partial charge in [-0.05, 0) is 50.5 Å². The fourth-order valence-corrected chi connectivity index (χ4v) is 3.90. The number of rotatable bonds is 8. The van der Waals surface area contributed by atoms with E-state index in [0.29, 0.717) is 17.6 Å². The van der Waals surface area contributed by atoms with Crippen molar-refractivity contribution in [2.45, 2.75) is 19.8 Å². The van der Waals surface area contributed by atoms with Crippen molar-refractivity contribution in [3.8, 4) is 23.1 Å². The van der Waals surface area contributed by atoms with Gasteiger partial charge in [-0.2, -0.15) is 10.4 Å². The quantitative estimate of drug-likeness (QED) is 0.494. The molecule has 1 aromatic carbocycles. The van der Waals surface area contributed by atoms with Gasteiger partial charge in [0.15, 0.2) is 11.5 Å². The monoisotopic (exact) mass is 432 g/mol. The van der Waals surface area contributed by atoms with Gasteiger partial charge in [-0.15, -0.1) is 0 Å². The number of aromatic nitrogens is 4. The van der Waals surface area contributed by atoms with Crippen LogP contribution in [0.1, 0.15) is 25.5 Å². The Kier molecular flexibility index (Phi) is 6.82. The number of H-pyrrole nitrogens is 1. The zero-order chi connectivity index (χ0) is 22.3. The summed E-state index contributed by atoms with van der Waals surface area (Å²) >= 11 is 0. The molecule has 3 aromatic rings. The maximum absolute atomic E-state index is 8.83. The van der Waals surface area contributed by atoms with Crippen molar-refractivity contribution >= 4 is 17.3 Å². The van der Waals surface area contributed by atoms with E-state index in [1.165, 1.54) is 38.3 Å². The molecule has 0 saturated carbocycles. The molecule has 166 valence electrons. The van der Waals surface area contributed by atoms with Gasteiger partial charge in [-0.25, -0.2) is 9.97 Å². The minimum absolute atomic E-state index is 0.267. The van der Waals surface area contributed by atoms with Crippen LogP contribution in [0.5, 0.6) is 5.75 Å². The molecular formula is C23H28N8O. The topological polar surface area (TPSA) is 115 Å². The molecule has 0 amide bonds. The number of methoxy groups -OCH3 is 1. The molecule has 1 aliphatic rings. The Morgan fingerprint density at radius 2 is 2.03 bits per heavy atom. The molecule has 0 radical (unpaired) electrons. The second-order valence-corrected chi connectivity index (χ2v) is 7.86. The van der Waals surface area contributed by atoms with E-state index in [-0.39, 0.29) is 5.69 Å². The highest BCUT2D eigenvalue weighted by Gasteiger charge is 2.18. The highest BCUT2D eigenvalue weighted by molar-refractivity contribution is 5.73.